The molecule has 1 aromatic heterocycles. The van der Waals surface area contributed by atoms with Crippen molar-refractivity contribution in [3.05, 3.63) is 26.5 Å². The lowest BCUT2D eigenvalue weighted by molar-refractivity contribution is 0.0873. The van der Waals surface area contributed by atoms with Crippen molar-refractivity contribution in [2.75, 3.05) is 0 Å². The highest BCUT2D eigenvalue weighted by atomic mass is 16.2. The first-order valence-electron chi connectivity index (χ1n) is 6.29. The summed E-state index contributed by atoms with van der Waals surface area (Å²) >= 11 is 0. The Labute approximate surface area is 105 Å². The van der Waals surface area contributed by atoms with Crippen LogP contribution in [-0.4, -0.2) is 20.7 Å². The first kappa shape index (κ1) is 14.3. The first-order chi connectivity index (χ1) is 8.56. The number of unbranched alkanes of at least 4 members (excludes halogenated alkanes) is 4. The van der Waals surface area contributed by atoms with Crippen molar-refractivity contribution in [1.29, 1.82) is 0 Å². The number of aromatic amines is 1. The van der Waals surface area contributed by atoms with E-state index in [1.807, 2.05) is 0 Å². The summed E-state index contributed by atoms with van der Waals surface area (Å²) in [7, 11) is 0. The Morgan fingerprint density at radius 3 is 2.56 bits per heavy atom. The van der Waals surface area contributed by atoms with E-state index in [0.29, 0.717) is 0 Å². The van der Waals surface area contributed by atoms with Crippen molar-refractivity contribution in [2.45, 2.75) is 52.4 Å². The third-order valence-electron chi connectivity index (χ3n) is 2.72. The molecule has 1 aromatic rings. The fourth-order valence-electron chi connectivity index (χ4n) is 1.64. The lowest BCUT2D eigenvalue weighted by Gasteiger charge is -2.03. The number of nitrogens with zero attached hydrogens (tertiary/aromatic N) is 2. The summed E-state index contributed by atoms with van der Waals surface area (Å²) in [6.45, 7) is 3.58. The Kier molecular flexibility index (Phi) is 5.48. The molecule has 0 saturated heterocycles. The monoisotopic (exact) mass is 253 g/mol. The molecule has 0 atom stereocenters. The van der Waals surface area contributed by atoms with Crippen LogP contribution in [-0.2, 0) is 0 Å². The lowest BCUT2D eigenvalue weighted by atomic mass is 10.1. The first-order valence-corrected chi connectivity index (χ1v) is 6.29. The molecular formula is C12H19N3O3. The van der Waals surface area contributed by atoms with Crippen molar-refractivity contribution in [1.82, 2.24) is 14.8 Å². The van der Waals surface area contributed by atoms with Gasteiger partial charge in [-0.1, -0.05) is 32.6 Å². The minimum Gasteiger partial charge on any atom is -0.272 e. The summed E-state index contributed by atoms with van der Waals surface area (Å²) in [6.07, 6.45) is 5.39. The molecule has 0 spiro atoms. The fourth-order valence-corrected chi connectivity index (χ4v) is 1.64. The van der Waals surface area contributed by atoms with Crippen LogP contribution in [0, 0.1) is 6.92 Å². The summed E-state index contributed by atoms with van der Waals surface area (Å²) in [5.74, 6) is -0.365. The van der Waals surface area contributed by atoms with Crippen LogP contribution in [0.3, 0.4) is 0 Å². The van der Waals surface area contributed by atoms with Gasteiger partial charge in [0.15, 0.2) is 0 Å². The fraction of sp³-hybridized carbons (Fsp3) is 0.667. The molecule has 100 valence electrons. The van der Waals surface area contributed by atoms with Crippen LogP contribution in [0.1, 0.15) is 55.9 Å². The maximum absolute atomic E-state index is 11.7. The predicted molar refractivity (Wildman–Crippen MR) is 67.9 cm³/mol. The Morgan fingerprint density at radius 2 is 1.89 bits per heavy atom. The highest BCUT2D eigenvalue weighted by Gasteiger charge is 2.10. The Hall–Kier alpha value is -1.72. The van der Waals surface area contributed by atoms with E-state index in [2.05, 4.69) is 17.0 Å². The van der Waals surface area contributed by atoms with Crippen molar-refractivity contribution in [2.24, 2.45) is 0 Å². The van der Waals surface area contributed by atoms with E-state index in [1.165, 1.54) is 6.92 Å². The summed E-state index contributed by atoms with van der Waals surface area (Å²) in [5.41, 5.74) is -1.19. The number of aryl methyl sites for hydroxylation is 1. The number of carbonyl (C=O) groups is 1. The van der Waals surface area contributed by atoms with Crippen molar-refractivity contribution < 1.29 is 4.79 Å². The average Bonchev–Trinajstić information content (AvgIpc) is 2.33. The molecule has 0 bridgehead atoms. The Balaban J connectivity index is 2.60. The number of H-pyrrole nitrogens is 1. The third kappa shape index (κ3) is 3.94. The van der Waals surface area contributed by atoms with Crippen molar-refractivity contribution in [3.8, 4) is 0 Å². The predicted octanol–water partition coefficient (Wildman–Crippen LogP) is 1.24. The molecule has 0 aliphatic heterocycles. The van der Waals surface area contributed by atoms with Gasteiger partial charge in [-0.25, -0.2) is 4.79 Å². The number of hydrogen-bond donors (Lipinski definition) is 1. The van der Waals surface area contributed by atoms with Crippen molar-refractivity contribution in [3.63, 3.8) is 0 Å². The van der Waals surface area contributed by atoms with E-state index < -0.39 is 11.2 Å². The zero-order valence-electron chi connectivity index (χ0n) is 10.9. The van der Waals surface area contributed by atoms with Gasteiger partial charge in [0, 0.05) is 6.42 Å². The highest BCUT2D eigenvalue weighted by molar-refractivity contribution is 5.77. The van der Waals surface area contributed by atoms with E-state index in [-0.39, 0.29) is 18.0 Å². The molecule has 1 heterocycles. The summed E-state index contributed by atoms with van der Waals surface area (Å²) in [4.78, 5) is 36.3. The Morgan fingerprint density at radius 1 is 1.22 bits per heavy atom. The summed E-state index contributed by atoms with van der Waals surface area (Å²) in [6, 6.07) is 0. The van der Waals surface area contributed by atoms with Gasteiger partial charge in [0.25, 0.3) is 11.5 Å². The third-order valence-corrected chi connectivity index (χ3v) is 2.72. The van der Waals surface area contributed by atoms with Gasteiger partial charge in [-0.15, -0.1) is 4.68 Å². The van der Waals surface area contributed by atoms with Gasteiger partial charge in [0.05, 0.1) is 0 Å². The molecule has 0 radical (unpaired) electrons. The standard InChI is InChI=1S/C12H19N3O3/c1-3-4-5-6-7-8-10(16)15-12(18)13-11(17)9(2)14-15/h3-8H2,1-2H3,(H,13,17,18). The maximum atomic E-state index is 11.7. The topological polar surface area (TPSA) is 84.8 Å². The van der Waals surface area contributed by atoms with Gasteiger partial charge in [-0.2, -0.15) is 5.10 Å². The lowest BCUT2D eigenvalue weighted by Crippen LogP contribution is -2.37. The molecule has 0 aliphatic rings. The Bertz CT molecular complexity index is 516. The normalized spacial score (nSPS) is 10.6. The highest BCUT2D eigenvalue weighted by Crippen LogP contribution is 2.05. The van der Waals surface area contributed by atoms with E-state index in [0.717, 1.165) is 36.8 Å². The molecule has 0 amide bonds. The quantitative estimate of drug-likeness (QED) is 0.773. The number of rotatable bonds is 6. The van der Waals surface area contributed by atoms with Gasteiger partial charge in [-0.3, -0.25) is 14.6 Å². The van der Waals surface area contributed by atoms with Crippen LogP contribution in [0.4, 0.5) is 0 Å². The second-order valence-corrected chi connectivity index (χ2v) is 4.31. The van der Waals surface area contributed by atoms with Crippen molar-refractivity contribution >= 4 is 5.91 Å². The largest absolute Gasteiger partial charge is 0.352 e. The van der Waals surface area contributed by atoms with E-state index >= 15 is 0 Å². The van der Waals surface area contributed by atoms with Crippen LogP contribution >= 0.6 is 0 Å². The second-order valence-electron chi connectivity index (χ2n) is 4.31. The van der Waals surface area contributed by atoms with Gasteiger partial charge < -0.3 is 0 Å². The van der Waals surface area contributed by atoms with Gasteiger partial charge in [0.1, 0.15) is 5.69 Å². The molecule has 0 fully saturated rings. The van der Waals surface area contributed by atoms with Gasteiger partial charge in [-0.05, 0) is 13.3 Å². The minimum absolute atomic E-state index is 0.119. The molecule has 18 heavy (non-hydrogen) atoms. The maximum Gasteiger partial charge on any atom is 0.352 e. The number of hydrogen-bond acceptors (Lipinski definition) is 4. The van der Waals surface area contributed by atoms with E-state index in [1.54, 1.807) is 0 Å². The van der Waals surface area contributed by atoms with Crippen LogP contribution < -0.4 is 11.2 Å². The molecule has 0 unspecified atom stereocenters. The molecule has 1 N–H and O–H groups in total. The number of aromatic nitrogens is 3. The SMILES string of the molecule is CCCCCCCC(=O)n1nc(C)c(=O)[nH]c1=O. The molecule has 6 nitrogen and oxygen atoms in total. The van der Waals surface area contributed by atoms with E-state index in [9.17, 15) is 14.4 Å². The van der Waals surface area contributed by atoms with Crippen LogP contribution in [0.2, 0.25) is 0 Å². The molecule has 6 heteroatoms. The second kappa shape index (κ2) is 6.88. The van der Waals surface area contributed by atoms with Gasteiger partial charge >= 0.3 is 5.69 Å². The molecular weight excluding hydrogens is 234 g/mol. The van der Waals surface area contributed by atoms with Crippen LogP contribution in [0.15, 0.2) is 9.59 Å². The number of carbonyl (C=O) groups excluding carboxylic acids is 1. The summed E-state index contributed by atoms with van der Waals surface area (Å²) in [5, 5.41) is 3.70. The molecule has 0 saturated carbocycles. The molecule has 1 rings (SSSR count). The molecule has 0 aromatic carbocycles. The zero-order valence-corrected chi connectivity index (χ0v) is 10.9. The zero-order chi connectivity index (χ0) is 13.5. The number of nitrogens with one attached hydrogen (secondary N) is 1. The van der Waals surface area contributed by atoms with Crippen LogP contribution in [0.25, 0.3) is 0 Å². The minimum atomic E-state index is -0.760. The van der Waals surface area contributed by atoms with E-state index in [4.69, 9.17) is 0 Å². The average molecular weight is 253 g/mol. The smallest absolute Gasteiger partial charge is 0.272 e. The molecule has 0 aliphatic carbocycles. The van der Waals surface area contributed by atoms with Gasteiger partial charge in [0.2, 0.25) is 0 Å². The summed E-state index contributed by atoms with van der Waals surface area (Å²) < 4.78 is 0.747. The van der Waals surface area contributed by atoms with Crippen LogP contribution in [0.5, 0.6) is 0 Å².